The molecule has 0 saturated heterocycles. The Bertz CT molecular complexity index is 686. The lowest BCUT2D eigenvalue weighted by atomic mass is 10.1. The fourth-order valence-corrected chi connectivity index (χ4v) is 1.89. The maximum Gasteiger partial charge on any atom is 0.416 e. The highest BCUT2D eigenvalue weighted by Crippen LogP contribution is 2.28. The van der Waals surface area contributed by atoms with Crippen molar-refractivity contribution < 1.29 is 14.1 Å². The first-order chi connectivity index (χ1) is 10.2. The molecule has 2 N–H and O–H groups in total. The van der Waals surface area contributed by atoms with Crippen LogP contribution in [-0.4, -0.2) is 23.9 Å². The zero-order valence-corrected chi connectivity index (χ0v) is 13.5. The number of anilines is 2. The van der Waals surface area contributed by atoms with Gasteiger partial charge in [0.05, 0.1) is 0 Å². The van der Waals surface area contributed by atoms with Crippen LogP contribution in [0.25, 0.3) is 11.3 Å². The van der Waals surface area contributed by atoms with Crippen LogP contribution in [0.2, 0.25) is 0 Å². The van der Waals surface area contributed by atoms with E-state index in [1.54, 1.807) is 33.9 Å². The number of aromatic nitrogens is 1. The third-order valence-corrected chi connectivity index (χ3v) is 3.03. The zero-order chi connectivity index (χ0) is 16.5. The van der Waals surface area contributed by atoms with Crippen LogP contribution in [0.15, 0.2) is 28.8 Å². The molecule has 1 aromatic carbocycles. The molecule has 1 amide bonds. The lowest BCUT2D eigenvalue weighted by Crippen LogP contribution is -2.33. The predicted octanol–water partition coefficient (Wildman–Crippen LogP) is 3.60. The molecule has 1 aromatic heterocycles. The minimum absolute atomic E-state index is 0.311. The molecule has 2 aromatic rings. The first kappa shape index (κ1) is 15.9. The quantitative estimate of drug-likeness (QED) is 0.857. The normalized spacial score (nSPS) is 11.3. The number of carbonyl (C=O) groups excluding carboxylic acids is 1. The van der Waals surface area contributed by atoms with E-state index in [0.29, 0.717) is 17.3 Å². The molecule has 0 spiro atoms. The number of nitrogens with two attached hydrogens (primary N) is 1. The Morgan fingerprint density at radius 1 is 1.32 bits per heavy atom. The van der Waals surface area contributed by atoms with Gasteiger partial charge in [0.2, 0.25) is 5.88 Å². The smallest absolute Gasteiger partial charge is 0.416 e. The summed E-state index contributed by atoms with van der Waals surface area (Å²) in [6.07, 6.45) is -0.500. The Balaban J connectivity index is 2.24. The second-order valence-electron chi connectivity index (χ2n) is 6.16. The Morgan fingerprint density at radius 3 is 2.64 bits per heavy atom. The molecule has 0 radical (unpaired) electrons. The highest BCUT2D eigenvalue weighted by atomic mass is 16.6. The van der Waals surface area contributed by atoms with Crippen molar-refractivity contribution in [2.75, 3.05) is 17.7 Å². The van der Waals surface area contributed by atoms with Crippen molar-refractivity contribution in [1.82, 2.24) is 5.16 Å². The first-order valence-electron chi connectivity index (χ1n) is 6.97. The van der Waals surface area contributed by atoms with Gasteiger partial charge in [-0.3, -0.25) is 0 Å². The number of nitrogen functional groups attached to an aromatic ring is 1. The summed E-state index contributed by atoms with van der Waals surface area (Å²) in [7, 11) is 1.57. The molecule has 1 heterocycles. The lowest BCUT2D eigenvalue weighted by Gasteiger charge is -2.22. The van der Waals surface area contributed by atoms with Crippen LogP contribution in [-0.2, 0) is 4.74 Å². The third kappa shape index (κ3) is 3.58. The minimum Gasteiger partial charge on any atom is -0.443 e. The molecule has 6 nitrogen and oxygen atoms in total. The zero-order valence-electron chi connectivity index (χ0n) is 13.5. The summed E-state index contributed by atoms with van der Waals surface area (Å²) in [5.41, 5.74) is 8.39. The van der Waals surface area contributed by atoms with Crippen LogP contribution in [0.5, 0.6) is 0 Å². The van der Waals surface area contributed by atoms with E-state index in [-0.39, 0.29) is 0 Å². The van der Waals surface area contributed by atoms with Crippen LogP contribution in [0, 0.1) is 6.92 Å². The molecular weight excluding hydrogens is 282 g/mol. The van der Waals surface area contributed by atoms with Gasteiger partial charge in [0.25, 0.3) is 0 Å². The lowest BCUT2D eigenvalue weighted by molar-refractivity contribution is 0.0582. The molecule has 0 atom stereocenters. The standard InChI is InChI=1S/C16H21N3O3/c1-10-6-7-11(17)8-12(10)13-9-14(22-18-13)19(5)15(20)21-16(2,3)4/h6-9H,17H2,1-5H3. The van der Waals surface area contributed by atoms with E-state index in [9.17, 15) is 4.79 Å². The molecule has 6 heteroatoms. The third-order valence-electron chi connectivity index (χ3n) is 3.03. The van der Waals surface area contributed by atoms with Crippen molar-refractivity contribution in [2.45, 2.75) is 33.3 Å². The molecule has 0 aliphatic rings. The maximum absolute atomic E-state index is 12.0. The topological polar surface area (TPSA) is 81.6 Å². The molecule has 0 aliphatic carbocycles. The number of aryl methyl sites for hydroxylation is 1. The van der Waals surface area contributed by atoms with E-state index in [0.717, 1.165) is 11.1 Å². The summed E-state index contributed by atoms with van der Waals surface area (Å²) in [6, 6.07) is 7.25. The molecule has 2 rings (SSSR count). The summed E-state index contributed by atoms with van der Waals surface area (Å²) < 4.78 is 10.5. The van der Waals surface area contributed by atoms with Gasteiger partial charge in [0, 0.05) is 24.4 Å². The summed E-state index contributed by atoms with van der Waals surface area (Å²) in [6.45, 7) is 7.38. The Kier molecular flexibility index (Phi) is 4.12. The summed E-state index contributed by atoms with van der Waals surface area (Å²) in [5.74, 6) is 0.311. The molecule has 0 aliphatic heterocycles. The van der Waals surface area contributed by atoms with Crippen molar-refractivity contribution in [3.05, 3.63) is 29.8 Å². The fourth-order valence-electron chi connectivity index (χ4n) is 1.89. The number of rotatable bonds is 2. The highest BCUT2D eigenvalue weighted by molar-refractivity contribution is 5.86. The minimum atomic E-state index is -0.571. The molecule has 0 unspecified atom stereocenters. The van der Waals surface area contributed by atoms with E-state index in [1.165, 1.54) is 4.90 Å². The van der Waals surface area contributed by atoms with Gasteiger partial charge in [-0.15, -0.1) is 0 Å². The van der Waals surface area contributed by atoms with Crippen molar-refractivity contribution in [1.29, 1.82) is 0 Å². The van der Waals surface area contributed by atoms with Gasteiger partial charge < -0.3 is 15.0 Å². The van der Waals surface area contributed by atoms with E-state index in [4.69, 9.17) is 15.0 Å². The van der Waals surface area contributed by atoms with E-state index >= 15 is 0 Å². The maximum atomic E-state index is 12.0. The number of nitrogens with zero attached hydrogens (tertiary/aromatic N) is 2. The first-order valence-corrected chi connectivity index (χ1v) is 6.97. The van der Waals surface area contributed by atoms with E-state index in [2.05, 4.69) is 5.16 Å². The average Bonchev–Trinajstić information content (AvgIpc) is 2.88. The molecular formula is C16H21N3O3. The fraction of sp³-hybridized carbons (Fsp3) is 0.375. The highest BCUT2D eigenvalue weighted by Gasteiger charge is 2.23. The van der Waals surface area contributed by atoms with Crippen LogP contribution < -0.4 is 10.6 Å². The summed E-state index contributed by atoms with van der Waals surface area (Å²) in [5, 5.41) is 4.01. The van der Waals surface area contributed by atoms with Crippen LogP contribution in [0.1, 0.15) is 26.3 Å². The number of carbonyl (C=O) groups is 1. The molecule has 0 bridgehead atoms. The van der Waals surface area contributed by atoms with Crippen LogP contribution in [0.4, 0.5) is 16.4 Å². The van der Waals surface area contributed by atoms with Gasteiger partial charge in [-0.2, -0.15) is 0 Å². The van der Waals surface area contributed by atoms with Gasteiger partial charge in [-0.05, 0) is 45.4 Å². The number of hydrogen-bond acceptors (Lipinski definition) is 5. The Hall–Kier alpha value is -2.50. The summed E-state index contributed by atoms with van der Waals surface area (Å²) >= 11 is 0. The summed E-state index contributed by atoms with van der Waals surface area (Å²) in [4.78, 5) is 13.3. The van der Waals surface area contributed by atoms with Crippen molar-refractivity contribution in [3.8, 4) is 11.3 Å². The van der Waals surface area contributed by atoms with Gasteiger partial charge in [-0.1, -0.05) is 11.2 Å². The SMILES string of the molecule is Cc1ccc(N)cc1-c1cc(N(C)C(=O)OC(C)(C)C)on1. The van der Waals surface area contributed by atoms with Crippen LogP contribution >= 0.6 is 0 Å². The Morgan fingerprint density at radius 2 is 2.00 bits per heavy atom. The van der Waals surface area contributed by atoms with Gasteiger partial charge in [-0.25, -0.2) is 9.69 Å². The Labute approximate surface area is 129 Å². The van der Waals surface area contributed by atoms with E-state index in [1.807, 2.05) is 25.1 Å². The largest absolute Gasteiger partial charge is 0.443 e. The molecule has 0 saturated carbocycles. The number of benzene rings is 1. The van der Waals surface area contributed by atoms with Gasteiger partial charge in [0.15, 0.2) is 0 Å². The van der Waals surface area contributed by atoms with Gasteiger partial charge in [0.1, 0.15) is 11.3 Å². The van der Waals surface area contributed by atoms with Crippen molar-refractivity contribution in [3.63, 3.8) is 0 Å². The number of amides is 1. The van der Waals surface area contributed by atoms with Gasteiger partial charge >= 0.3 is 6.09 Å². The second-order valence-corrected chi connectivity index (χ2v) is 6.16. The predicted molar refractivity (Wildman–Crippen MR) is 85.7 cm³/mol. The molecule has 0 fully saturated rings. The molecule has 22 heavy (non-hydrogen) atoms. The monoisotopic (exact) mass is 303 g/mol. The number of ether oxygens (including phenoxy) is 1. The van der Waals surface area contributed by atoms with Crippen LogP contribution in [0.3, 0.4) is 0 Å². The van der Waals surface area contributed by atoms with Crippen molar-refractivity contribution in [2.24, 2.45) is 0 Å². The van der Waals surface area contributed by atoms with Crippen molar-refractivity contribution >= 4 is 17.7 Å². The molecule has 118 valence electrons. The average molecular weight is 303 g/mol. The number of hydrogen-bond donors (Lipinski definition) is 1. The van der Waals surface area contributed by atoms with E-state index < -0.39 is 11.7 Å². The second kappa shape index (κ2) is 5.71.